The molecule has 0 radical (unpaired) electrons. The number of benzene rings is 1. The van der Waals surface area contributed by atoms with Crippen molar-refractivity contribution in [1.82, 2.24) is 19.6 Å². The predicted molar refractivity (Wildman–Crippen MR) is 146 cm³/mol. The zero-order valence-corrected chi connectivity index (χ0v) is 24.0. The molecule has 0 aliphatic carbocycles. The topological polar surface area (TPSA) is 157 Å². The van der Waals surface area contributed by atoms with Gasteiger partial charge in [0, 0.05) is 44.8 Å². The molecule has 1 saturated heterocycles. The fourth-order valence-corrected chi connectivity index (χ4v) is 6.17. The van der Waals surface area contributed by atoms with Crippen LogP contribution in [0.15, 0.2) is 41.6 Å². The molecule has 0 unspecified atom stereocenters. The van der Waals surface area contributed by atoms with Crippen molar-refractivity contribution < 1.29 is 40.7 Å². The summed E-state index contributed by atoms with van der Waals surface area (Å²) in [5, 5.41) is 0.675. The van der Waals surface area contributed by atoms with Crippen LogP contribution in [0.25, 0.3) is 10.8 Å². The van der Waals surface area contributed by atoms with Crippen molar-refractivity contribution in [2.45, 2.75) is 36.2 Å². The van der Waals surface area contributed by atoms with Crippen molar-refractivity contribution in [3.8, 4) is 5.75 Å². The van der Waals surface area contributed by atoms with Gasteiger partial charge in [0.2, 0.25) is 15.9 Å². The maximum Gasteiger partial charge on any atom is 0.573 e. The summed E-state index contributed by atoms with van der Waals surface area (Å²) in [6.45, 7) is -0.0930. The van der Waals surface area contributed by atoms with Crippen molar-refractivity contribution in [2.24, 2.45) is 0 Å². The van der Waals surface area contributed by atoms with Crippen LogP contribution >= 0.6 is 11.6 Å². The van der Waals surface area contributed by atoms with Crippen LogP contribution in [-0.2, 0) is 30.8 Å². The number of carbonyl (C=O) groups is 2. The quantitative estimate of drug-likeness (QED) is 0.337. The third kappa shape index (κ3) is 6.60. The number of halogens is 4. The van der Waals surface area contributed by atoms with Gasteiger partial charge in [0.1, 0.15) is 34.4 Å². The lowest BCUT2D eigenvalue weighted by atomic mass is 10.00. The van der Waals surface area contributed by atoms with E-state index in [2.05, 4.69) is 19.4 Å². The highest BCUT2D eigenvalue weighted by Gasteiger charge is 2.42. The SMILES string of the molecule is COC(=O)[C@@H](Cc1cc2ccnc(N)c2cc1OC(F)(F)F)N1CC[C@H](NS(=O)(=O)c2cnc(N(C)C)c(Cl)c2)C1=O. The standard InChI is InChI=1S/C25H26ClF3N6O6S/c1-34(2)22-17(26)10-15(12-32-22)42(38,39)33-18-5-7-35(23(18)36)19(24(37)40-3)9-14-8-13-4-6-31-21(30)16(13)11-20(14)41-25(27,28)29/h4,6,8,10-12,18-19,33H,5,7,9H2,1-3H3,(H2,30,31)/t18-,19+/m0/s1. The van der Waals surface area contributed by atoms with Gasteiger partial charge in [-0.1, -0.05) is 11.6 Å². The van der Waals surface area contributed by atoms with Crippen LogP contribution in [0.4, 0.5) is 24.8 Å². The fraction of sp³-hybridized carbons (Fsp3) is 0.360. The Kier molecular flexibility index (Phi) is 8.71. The molecule has 226 valence electrons. The summed E-state index contributed by atoms with van der Waals surface area (Å²) >= 11 is 6.15. The largest absolute Gasteiger partial charge is 0.573 e. The molecule has 3 heterocycles. The van der Waals surface area contributed by atoms with E-state index < -0.39 is 52.5 Å². The molecule has 0 saturated carbocycles. The molecule has 1 amide bonds. The summed E-state index contributed by atoms with van der Waals surface area (Å²) in [5.74, 6) is -2.03. The number of aromatic nitrogens is 2. The number of nitrogen functional groups attached to an aromatic ring is 1. The molecule has 1 aliphatic heterocycles. The van der Waals surface area contributed by atoms with Crippen molar-refractivity contribution in [2.75, 3.05) is 38.4 Å². The molecule has 12 nitrogen and oxygen atoms in total. The number of alkyl halides is 3. The number of nitrogens with two attached hydrogens (primary N) is 1. The molecule has 2 atom stereocenters. The van der Waals surface area contributed by atoms with E-state index in [0.29, 0.717) is 11.2 Å². The third-order valence-corrected chi connectivity index (χ3v) is 8.25. The first-order chi connectivity index (χ1) is 19.6. The van der Waals surface area contributed by atoms with Gasteiger partial charge in [-0.15, -0.1) is 13.2 Å². The maximum absolute atomic E-state index is 13.4. The van der Waals surface area contributed by atoms with E-state index in [9.17, 15) is 31.2 Å². The first kappa shape index (κ1) is 31.1. The van der Waals surface area contributed by atoms with Gasteiger partial charge in [-0.2, -0.15) is 4.72 Å². The molecule has 1 aromatic carbocycles. The number of pyridine rings is 2. The summed E-state index contributed by atoms with van der Waals surface area (Å²) in [6.07, 6.45) is -3.10. The minimum absolute atomic E-state index is 0.0334. The number of likely N-dealkylation sites (tertiary alicyclic amines) is 1. The molecule has 3 N–H and O–H groups in total. The molecule has 17 heteroatoms. The Balaban J connectivity index is 1.62. The minimum Gasteiger partial charge on any atom is -0.467 e. The number of hydrogen-bond donors (Lipinski definition) is 2. The first-order valence-electron chi connectivity index (χ1n) is 12.3. The predicted octanol–water partition coefficient (Wildman–Crippen LogP) is 2.49. The average molecular weight is 631 g/mol. The summed E-state index contributed by atoms with van der Waals surface area (Å²) in [7, 11) is 0.134. The Morgan fingerprint density at radius 3 is 2.62 bits per heavy atom. The van der Waals surface area contributed by atoms with Crippen LogP contribution in [0, 0.1) is 0 Å². The van der Waals surface area contributed by atoms with Crippen LogP contribution < -0.4 is 20.1 Å². The smallest absolute Gasteiger partial charge is 0.467 e. The van der Waals surface area contributed by atoms with Gasteiger partial charge in [0.05, 0.1) is 12.1 Å². The Bertz CT molecular complexity index is 1640. The molecular formula is C25H26ClF3N6O6S. The van der Waals surface area contributed by atoms with E-state index >= 15 is 0 Å². The van der Waals surface area contributed by atoms with Crippen molar-refractivity contribution in [1.29, 1.82) is 0 Å². The molecule has 0 bridgehead atoms. The second kappa shape index (κ2) is 11.8. The van der Waals surface area contributed by atoms with Gasteiger partial charge in [0.15, 0.2) is 0 Å². The van der Waals surface area contributed by atoms with Crippen molar-refractivity contribution in [3.05, 3.63) is 47.2 Å². The van der Waals surface area contributed by atoms with E-state index in [0.717, 1.165) is 24.3 Å². The minimum atomic E-state index is -5.07. The second-order valence-electron chi connectivity index (χ2n) is 9.53. The number of ether oxygens (including phenoxy) is 2. The first-order valence-corrected chi connectivity index (χ1v) is 14.1. The number of nitrogens with one attached hydrogen (secondary N) is 1. The van der Waals surface area contributed by atoms with E-state index in [-0.39, 0.29) is 39.7 Å². The number of rotatable bonds is 9. The number of fused-ring (bicyclic) bond motifs is 1. The van der Waals surface area contributed by atoms with Gasteiger partial charge < -0.3 is 25.0 Å². The van der Waals surface area contributed by atoms with Crippen LogP contribution in [-0.4, -0.2) is 81.4 Å². The normalized spacial score (nSPS) is 16.5. The van der Waals surface area contributed by atoms with E-state index in [1.807, 2.05) is 0 Å². The zero-order chi connectivity index (χ0) is 31.0. The number of amides is 1. The van der Waals surface area contributed by atoms with Gasteiger partial charge >= 0.3 is 12.3 Å². The molecule has 3 aromatic rings. The number of hydrogen-bond acceptors (Lipinski definition) is 10. The lowest BCUT2D eigenvalue weighted by Crippen LogP contribution is -2.48. The Labute approximate surface area is 243 Å². The summed E-state index contributed by atoms with van der Waals surface area (Å²) in [5.41, 5.74) is 5.75. The van der Waals surface area contributed by atoms with Crippen LogP contribution in [0.3, 0.4) is 0 Å². The highest BCUT2D eigenvalue weighted by molar-refractivity contribution is 7.89. The maximum atomic E-state index is 13.4. The molecule has 4 rings (SSSR count). The summed E-state index contributed by atoms with van der Waals surface area (Å²) in [6, 6.07) is 2.42. The van der Waals surface area contributed by atoms with Crippen LogP contribution in [0.1, 0.15) is 12.0 Å². The van der Waals surface area contributed by atoms with Crippen LogP contribution in [0.5, 0.6) is 5.75 Å². The second-order valence-corrected chi connectivity index (χ2v) is 11.7. The summed E-state index contributed by atoms with van der Waals surface area (Å²) in [4.78, 5) is 36.4. The average Bonchev–Trinajstić information content (AvgIpc) is 3.25. The van der Waals surface area contributed by atoms with Gasteiger partial charge in [0.25, 0.3) is 0 Å². The number of methoxy groups -OCH3 is 1. The van der Waals surface area contributed by atoms with Crippen LogP contribution in [0.2, 0.25) is 5.02 Å². The number of esters is 1. The number of carbonyl (C=O) groups excluding carboxylic acids is 2. The molecule has 2 aromatic heterocycles. The van der Waals surface area contributed by atoms with Gasteiger partial charge in [-0.05, 0) is 41.6 Å². The highest BCUT2D eigenvalue weighted by Crippen LogP contribution is 2.34. The summed E-state index contributed by atoms with van der Waals surface area (Å²) < 4.78 is 77.3. The number of anilines is 2. The molecular weight excluding hydrogens is 605 g/mol. The Morgan fingerprint density at radius 2 is 2.00 bits per heavy atom. The lowest BCUT2D eigenvalue weighted by Gasteiger charge is -2.27. The van der Waals surface area contributed by atoms with E-state index in [1.54, 1.807) is 19.0 Å². The lowest BCUT2D eigenvalue weighted by molar-refractivity contribution is -0.274. The van der Waals surface area contributed by atoms with E-state index in [1.165, 1.54) is 24.4 Å². The van der Waals surface area contributed by atoms with Gasteiger partial charge in [-0.3, -0.25) is 4.79 Å². The number of sulfonamides is 1. The molecule has 42 heavy (non-hydrogen) atoms. The Hall–Kier alpha value is -3.89. The van der Waals surface area contributed by atoms with Gasteiger partial charge in [-0.25, -0.2) is 23.2 Å². The van der Waals surface area contributed by atoms with Crippen molar-refractivity contribution in [3.63, 3.8) is 0 Å². The fourth-order valence-electron chi connectivity index (χ4n) is 4.58. The number of nitrogens with zero attached hydrogens (tertiary/aromatic N) is 4. The third-order valence-electron chi connectivity index (χ3n) is 6.53. The van der Waals surface area contributed by atoms with E-state index in [4.69, 9.17) is 22.1 Å². The Morgan fingerprint density at radius 1 is 1.29 bits per heavy atom. The monoisotopic (exact) mass is 630 g/mol. The molecule has 1 aliphatic rings. The molecule has 1 fully saturated rings. The van der Waals surface area contributed by atoms with Crippen molar-refractivity contribution >= 4 is 55.9 Å². The highest BCUT2D eigenvalue weighted by atomic mass is 35.5. The molecule has 0 spiro atoms. The zero-order valence-electron chi connectivity index (χ0n) is 22.5.